The minimum absolute atomic E-state index is 0.203. The van der Waals surface area contributed by atoms with E-state index in [1.165, 1.54) is 7.11 Å². The minimum atomic E-state index is -3.61. The lowest BCUT2D eigenvalue weighted by molar-refractivity contribution is 0.0525. The van der Waals surface area contributed by atoms with Crippen LogP contribution < -0.4 is 30.7 Å². The van der Waals surface area contributed by atoms with Gasteiger partial charge in [-0.05, 0) is 53.1 Å². The molecule has 0 saturated heterocycles. The molecule has 1 aliphatic rings. The standard InChI is InChI=1S/C31H43N7O5S/c1-18-11-12-19(29(40)33-21-14-20(30(2,3)4)15-22(26(21)43-9)35-44(10,41)42)13-24(18)38-17-23(34-36-38)25-16-32-28(37(25)8)27(39)31(5,6)7/h11-17,27,34-36,39H,1-10H3,(H,33,40). The number of sulfonamides is 1. The van der Waals surface area contributed by atoms with Crippen LogP contribution >= 0.6 is 0 Å². The van der Waals surface area contributed by atoms with Crippen molar-refractivity contribution in [3.63, 3.8) is 0 Å². The summed E-state index contributed by atoms with van der Waals surface area (Å²) in [4.78, 5) is 18.1. The van der Waals surface area contributed by atoms with Crippen LogP contribution in [0.15, 0.2) is 42.7 Å². The van der Waals surface area contributed by atoms with Crippen molar-refractivity contribution < 1.29 is 23.1 Å². The number of aliphatic hydroxyl groups is 1. The molecule has 0 radical (unpaired) electrons. The Morgan fingerprint density at radius 1 is 1.09 bits per heavy atom. The summed E-state index contributed by atoms with van der Waals surface area (Å²) in [5, 5.41) is 15.5. The Bertz CT molecular complexity index is 1720. The molecule has 5 N–H and O–H groups in total. The second-order valence-electron chi connectivity index (χ2n) is 13.2. The first-order chi connectivity index (χ1) is 20.3. The number of ether oxygens (including phenoxy) is 1. The molecule has 2 heterocycles. The fourth-order valence-corrected chi connectivity index (χ4v) is 5.30. The van der Waals surface area contributed by atoms with E-state index in [1.54, 1.807) is 35.5 Å². The number of methoxy groups -OCH3 is 1. The quantitative estimate of drug-likeness (QED) is 0.243. The molecule has 1 unspecified atom stereocenters. The maximum atomic E-state index is 13.6. The molecule has 0 bridgehead atoms. The van der Waals surface area contributed by atoms with Crippen LogP contribution in [-0.2, 0) is 22.5 Å². The van der Waals surface area contributed by atoms with Gasteiger partial charge in [-0.15, -0.1) is 5.53 Å². The summed E-state index contributed by atoms with van der Waals surface area (Å²) < 4.78 is 34.1. The van der Waals surface area contributed by atoms with E-state index in [-0.39, 0.29) is 22.3 Å². The maximum Gasteiger partial charge on any atom is 0.255 e. The normalized spacial score (nSPS) is 14.6. The Balaban J connectivity index is 1.65. The lowest BCUT2D eigenvalue weighted by atomic mass is 9.86. The van der Waals surface area contributed by atoms with Gasteiger partial charge in [0.05, 0.1) is 54.2 Å². The van der Waals surface area contributed by atoms with E-state index >= 15 is 0 Å². The van der Waals surface area contributed by atoms with Gasteiger partial charge >= 0.3 is 0 Å². The smallest absolute Gasteiger partial charge is 0.255 e. The van der Waals surface area contributed by atoms with Crippen molar-refractivity contribution >= 4 is 38.7 Å². The summed E-state index contributed by atoms with van der Waals surface area (Å²) in [6.45, 7) is 13.8. The van der Waals surface area contributed by atoms with Crippen LogP contribution in [0, 0.1) is 12.3 Å². The van der Waals surface area contributed by atoms with E-state index in [4.69, 9.17) is 4.74 Å². The third kappa shape index (κ3) is 7.01. The molecule has 0 saturated carbocycles. The largest absolute Gasteiger partial charge is 0.492 e. The molecule has 3 aromatic rings. The van der Waals surface area contributed by atoms with Gasteiger partial charge < -0.3 is 19.7 Å². The average molecular weight is 626 g/mol. The predicted octanol–water partition coefficient (Wildman–Crippen LogP) is 4.57. The number of rotatable bonds is 8. The van der Waals surface area contributed by atoms with Crippen molar-refractivity contribution in [2.45, 2.75) is 60.0 Å². The molecule has 0 spiro atoms. The number of nitrogens with zero attached hydrogens (tertiary/aromatic N) is 3. The number of anilines is 3. The number of hydrogen-bond donors (Lipinski definition) is 5. The van der Waals surface area contributed by atoms with Crippen molar-refractivity contribution in [2.24, 2.45) is 12.5 Å². The van der Waals surface area contributed by atoms with Crippen LogP contribution in [-0.4, -0.2) is 42.3 Å². The van der Waals surface area contributed by atoms with Crippen LogP contribution in [0.5, 0.6) is 5.75 Å². The van der Waals surface area contributed by atoms with Crippen molar-refractivity contribution in [1.29, 1.82) is 0 Å². The second kappa shape index (κ2) is 11.8. The van der Waals surface area contributed by atoms with Crippen molar-refractivity contribution in [1.82, 2.24) is 20.5 Å². The number of aryl methyl sites for hydroxylation is 1. The monoisotopic (exact) mass is 625 g/mol. The Morgan fingerprint density at radius 3 is 2.34 bits per heavy atom. The Kier molecular flexibility index (Phi) is 8.80. The number of benzene rings is 2. The molecule has 238 valence electrons. The molecule has 1 aliphatic heterocycles. The van der Waals surface area contributed by atoms with Gasteiger partial charge in [-0.25, -0.2) is 13.4 Å². The molecule has 12 nitrogen and oxygen atoms in total. The Hall–Kier alpha value is -4.07. The first-order valence-electron chi connectivity index (χ1n) is 14.1. The van der Waals surface area contributed by atoms with Gasteiger partial charge in [-0.1, -0.05) is 47.6 Å². The van der Waals surface area contributed by atoms with Crippen LogP contribution in [0.3, 0.4) is 0 Å². The van der Waals surface area contributed by atoms with Crippen LogP contribution in [0.1, 0.15) is 80.6 Å². The molecular weight excluding hydrogens is 582 g/mol. The number of imidazole rings is 1. The number of carbonyl (C=O) groups is 1. The molecule has 1 aromatic heterocycles. The average Bonchev–Trinajstić information content (AvgIpc) is 3.53. The zero-order valence-corrected chi connectivity index (χ0v) is 27.8. The molecule has 1 amide bonds. The van der Waals surface area contributed by atoms with Crippen LogP contribution in [0.4, 0.5) is 17.1 Å². The third-order valence-electron chi connectivity index (χ3n) is 7.37. The van der Waals surface area contributed by atoms with Gasteiger partial charge in [0.25, 0.3) is 5.91 Å². The number of carbonyl (C=O) groups excluding carboxylic acids is 1. The minimum Gasteiger partial charge on any atom is -0.492 e. The van der Waals surface area contributed by atoms with E-state index < -0.39 is 22.0 Å². The van der Waals surface area contributed by atoms with E-state index in [2.05, 4.69) is 26.0 Å². The number of nitrogens with one attached hydrogen (secondary N) is 4. The fraction of sp³-hybridized carbons (Fsp3) is 0.419. The molecule has 0 fully saturated rings. The van der Waals surface area contributed by atoms with Crippen molar-refractivity contribution in [3.8, 4) is 5.75 Å². The topological polar surface area (TPSA) is 150 Å². The van der Waals surface area contributed by atoms with E-state index in [1.807, 2.05) is 72.3 Å². The van der Waals surface area contributed by atoms with E-state index in [0.29, 0.717) is 17.1 Å². The molecule has 0 aliphatic carbocycles. The summed E-state index contributed by atoms with van der Waals surface area (Å²) in [5.74, 6) is 0.364. The maximum absolute atomic E-state index is 13.6. The van der Waals surface area contributed by atoms with Gasteiger partial charge in [0.2, 0.25) is 10.0 Å². The predicted molar refractivity (Wildman–Crippen MR) is 174 cm³/mol. The van der Waals surface area contributed by atoms with Crippen molar-refractivity contribution in [3.05, 3.63) is 70.9 Å². The zero-order valence-electron chi connectivity index (χ0n) is 26.9. The zero-order chi connectivity index (χ0) is 32.8. The van der Waals surface area contributed by atoms with Gasteiger partial charge in [0, 0.05) is 12.6 Å². The van der Waals surface area contributed by atoms with E-state index in [9.17, 15) is 18.3 Å². The number of hydrogen-bond acceptors (Lipinski definition) is 9. The number of hydrazine groups is 2. The molecule has 1 atom stereocenters. The SMILES string of the molecule is COc1c(NC(=O)c2ccc(C)c(N3C=C(c4cnc(C(O)C(C)(C)C)n4C)NN3)c2)cc(C(C)(C)C)cc1NS(C)(=O)=O. The van der Waals surface area contributed by atoms with Gasteiger partial charge in [0.1, 0.15) is 11.9 Å². The molecular formula is C31H43N7O5S. The summed E-state index contributed by atoms with van der Waals surface area (Å²) in [6, 6.07) is 8.83. The third-order valence-corrected chi connectivity index (χ3v) is 7.96. The van der Waals surface area contributed by atoms with Gasteiger partial charge in [-0.3, -0.25) is 20.0 Å². The number of amides is 1. The molecule has 13 heteroatoms. The highest BCUT2D eigenvalue weighted by atomic mass is 32.2. The highest BCUT2D eigenvalue weighted by molar-refractivity contribution is 7.92. The van der Waals surface area contributed by atoms with Crippen LogP contribution in [0.25, 0.3) is 5.70 Å². The summed E-state index contributed by atoms with van der Waals surface area (Å²) in [7, 11) is -0.335. The Morgan fingerprint density at radius 2 is 1.75 bits per heavy atom. The molecule has 2 aromatic carbocycles. The number of aliphatic hydroxyl groups excluding tert-OH is 1. The van der Waals surface area contributed by atoms with Gasteiger partial charge in [0.15, 0.2) is 5.75 Å². The van der Waals surface area contributed by atoms with Crippen LogP contribution in [0.2, 0.25) is 0 Å². The first kappa shape index (κ1) is 32.8. The summed E-state index contributed by atoms with van der Waals surface area (Å²) in [6.07, 6.45) is 3.88. The molecule has 4 rings (SSSR count). The first-order valence-corrected chi connectivity index (χ1v) is 16.0. The highest BCUT2D eigenvalue weighted by Crippen LogP contribution is 2.39. The summed E-state index contributed by atoms with van der Waals surface area (Å²) in [5.41, 5.74) is 10.5. The van der Waals surface area contributed by atoms with Crippen molar-refractivity contribution in [2.75, 3.05) is 28.4 Å². The Labute approximate surface area is 259 Å². The molecule has 44 heavy (non-hydrogen) atoms. The lowest BCUT2D eigenvalue weighted by Gasteiger charge is -2.25. The second-order valence-corrected chi connectivity index (χ2v) is 14.9. The van der Waals surface area contributed by atoms with E-state index in [0.717, 1.165) is 34.5 Å². The summed E-state index contributed by atoms with van der Waals surface area (Å²) >= 11 is 0. The fourth-order valence-electron chi connectivity index (χ4n) is 4.74. The highest BCUT2D eigenvalue weighted by Gasteiger charge is 2.29. The van der Waals surface area contributed by atoms with Gasteiger partial charge in [-0.2, -0.15) is 0 Å². The lowest BCUT2D eigenvalue weighted by Crippen LogP contribution is -2.36. The number of aromatic nitrogens is 2.